The summed E-state index contributed by atoms with van der Waals surface area (Å²) in [5, 5.41) is 2.08. The maximum absolute atomic E-state index is 6.47. The molecule has 0 N–H and O–H groups in total. The molecule has 0 spiro atoms. The van der Waals surface area contributed by atoms with Crippen LogP contribution in [0.3, 0.4) is 0 Å². The second kappa shape index (κ2) is 13.4. The third-order valence-corrected chi connectivity index (χ3v) is 11.9. The predicted octanol–water partition coefficient (Wildman–Crippen LogP) is 15.5. The number of nitrogens with zero attached hydrogens (tertiary/aromatic N) is 1. The molecule has 0 saturated heterocycles. The van der Waals surface area contributed by atoms with Crippen LogP contribution >= 0.6 is 0 Å². The first-order valence-corrected chi connectivity index (χ1v) is 19.9. The fraction of sp³-hybridized carbons (Fsp3) is 0.0545. The van der Waals surface area contributed by atoms with E-state index in [1.54, 1.807) is 0 Å². The Labute approximate surface area is 339 Å². The van der Waals surface area contributed by atoms with E-state index in [0.717, 1.165) is 61.6 Å². The van der Waals surface area contributed by atoms with Gasteiger partial charge >= 0.3 is 0 Å². The van der Waals surface area contributed by atoms with Crippen molar-refractivity contribution in [2.45, 2.75) is 19.3 Å². The molecule has 0 fully saturated rings. The Morgan fingerprint density at radius 1 is 0.345 bits per heavy atom. The molecule has 58 heavy (non-hydrogen) atoms. The second-order valence-electron chi connectivity index (χ2n) is 15.7. The summed E-state index contributed by atoms with van der Waals surface area (Å²) in [6.07, 6.45) is 0. The lowest BCUT2D eigenvalue weighted by Crippen LogP contribution is -2.16. The standard InChI is InChI=1S/C55H39NO2/c1-55(2)48-15-7-6-14-46(48)47-32-31-45(35-49(47)55)56(43-27-22-38(23-28-43)36-10-4-3-5-11-36)44-29-24-39(25-30-44)37-18-20-40(21-19-37)42-26-33-50-53(34-42)58-52-17-9-13-41-12-8-16-51(57-50)54(41)52/h3-35H,1-2H3. The highest BCUT2D eigenvalue weighted by molar-refractivity contribution is 5.95. The minimum atomic E-state index is -0.0967. The van der Waals surface area contributed by atoms with Crippen LogP contribution in [0.1, 0.15) is 25.0 Å². The van der Waals surface area contributed by atoms with E-state index in [4.69, 9.17) is 9.47 Å². The highest BCUT2D eigenvalue weighted by atomic mass is 16.5. The van der Waals surface area contributed by atoms with E-state index in [-0.39, 0.29) is 5.41 Å². The Morgan fingerprint density at radius 3 is 1.50 bits per heavy atom. The third kappa shape index (κ3) is 5.66. The van der Waals surface area contributed by atoms with Crippen LogP contribution in [0.5, 0.6) is 23.0 Å². The van der Waals surface area contributed by atoms with Gasteiger partial charge in [0.1, 0.15) is 11.5 Å². The summed E-state index contributed by atoms with van der Waals surface area (Å²) in [6, 6.07) is 71.4. The molecule has 0 aromatic heterocycles. The highest BCUT2D eigenvalue weighted by Gasteiger charge is 2.35. The molecule has 0 bridgehead atoms. The van der Waals surface area contributed by atoms with Crippen molar-refractivity contribution in [2.24, 2.45) is 0 Å². The van der Waals surface area contributed by atoms with Crippen LogP contribution in [0, 0.1) is 0 Å². The average Bonchev–Trinajstić information content (AvgIpc) is 3.38. The molecule has 9 aromatic rings. The zero-order valence-electron chi connectivity index (χ0n) is 32.3. The number of benzene rings is 9. The fourth-order valence-corrected chi connectivity index (χ4v) is 8.90. The third-order valence-electron chi connectivity index (χ3n) is 11.9. The molecule has 0 atom stereocenters. The van der Waals surface area contributed by atoms with E-state index >= 15 is 0 Å². The summed E-state index contributed by atoms with van der Waals surface area (Å²) in [4.78, 5) is 2.38. The highest BCUT2D eigenvalue weighted by Crippen LogP contribution is 2.51. The van der Waals surface area contributed by atoms with E-state index in [1.165, 1.54) is 33.4 Å². The van der Waals surface area contributed by atoms with Crippen LogP contribution < -0.4 is 14.4 Å². The summed E-state index contributed by atoms with van der Waals surface area (Å²) in [7, 11) is 0. The Bertz CT molecular complexity index is 3000. The van der Waals surface area contributed by atoms with E-state index < -0.39 is 0 Å². The first-order valence-electron chi connectivity index (χ1n) is 19.9. The van der Waals surface area contributed by atoms with Crippen molar-refractivity contribution in [2.75, 3.05) is 4.90 Å². The molecule has 1 aliphatic carbocycles. The summed E-state index contributed by atoms with van der Waals surface area (Å²) in [5.41, 5.74) is 15.5. The van der Waals surface area contributed by atoms with Gasteiger partial charge in [-0.15, -0.1) is 0 Å². The van der Waals surface area contributed by atoms with Gasteiger partial charge in [0, 0.05) is 22.5 Å². The smallest absolute Gasteiger partial charge is 0.170 e. The predicted molar refractivity (Wildman–Crippen MR) is 239 cm³/mol. The molecule has 3 nitrogen and oxygen atoms in total. The van der Waals surface area contributed by atoms with Crippen molar-refractivity contribution in [1.29, 1.82) is 0 Å². The molecule has 2 aliphatic rings. The first kappa shape index (κ1) is 33.9. The molecule has 11 rings (SSSR count). The maximum atomic E-state index is 6.47. The first-order chi connectivity index (χ1) is 28.5. The lowest BCUT2D eigenvalue weighted by atomic mass is 9.82. The number of anilines is 3. The van der Waals surface area contributed by atoms with E-state index in [1.807, 2.05) is 30.3 Å². The van der Waals surface area contributed by atoms with Crippen molar-refractivity contribution < 1.29 is 9.47 Å². The number of fused-ring (bicyclic) bond motifs is 4. The number of hydrogen-bond donors (Lipinski definition) is 0. The van der Waals surface area contributed by atoms with Gasteiger partial charge in [-0.1, -0.05) is 153 Å². The zero-order valence-corrected chi connectivity index (χ0v) is 32.3. The van der Waals surface area contributed by atoms with Gasteiger partial charge in [0.15, 0.2) is 11.5 Å². The number of ether oxygens (including phenoxy) is 2. The second-order valence-corrected chi connectivity index (χ2v) is 15.7. The van der Waals surface area contributed by atoms with Gasteiger partial charge in [-0.05, 0) is 122 Å². The van der Waals surface area contributed by atoms with Gasteiger partial charge in [-0.3, -0.25) is 0 Å². The molecular formula is C55H39NO2. The largest absolute Gasteiger partial charge is 0.453 e. The Kier molecular flexibility index (Phi) is 7.84. The lowest BCUT2D eigenvalue weighted by molar-refractivity contribution is 0.439. The number of hydrogen-bond acceptors (Lipinski definition) is 3. The monoisotopic (exact) mass is 745 g/mol. The van der Waals surface area contributed by atoms with Gasteiger partial charge in [-0.2, -0.15) is 0 Å². The van der Waals surface area contributed by atoms with Crippen LogP contribution in [0.4, 0.5) is 17.1 Å². The number of rotatable bonds is 6. The van der Waals surface area contributed by atoms with Crippen LogP contribution in [0.25, 0.3) is 55.3 Å². The summed E-state index contributed by atoms with van der Waals surface area (Å²) in [6.45, 7) is 4.68. The van der Waals surface area contributed by atoms with Gasteiger partial charge in [-0.25, -0.2) is 0 Å². The van der Waals surface area contributed by atoms with Gasteiger partial charge in [0.2, 0.25) is 0 Å². The zero-order chi connectivity index (χ0) is 38.8. The molecule has 9 aromatic carbocycles. The minimum Gasteiger partial charge on any atom is -0.453 e. The topological polar surface area (TPSA) is 21.7 Å². The van der Waals surface area contributed by atoms with Crippen molar-refractivity contribution in [3.05, 3.63) is 211 Å². The fourth-order valence-electron chi connectivity index (χ4n) is 8.90. The van der Waals surface area contributed by atoms with E-state index in [9.17, 15) is 0 Å². The van der Waals surface area contributed by atoms with Crippen molar-refractivity contribution >= 4 is 27.8 Å². The Balaban J connectivity index is 0.910. The molecule has 1 heterocycles. The van der Waals surface area contributed by atoms with Gasteiger partial charge < -0.3 is 14.4 Å². The average molecular weight is 746 g/mol. The van der Waals surface area contributed by atoms with Crippen molar-refractivity contribution in [3.63, 3.8) is 0 Å². The van der Waals surface area contributed by atoms with Crippen LogP contribution in [0.15, 0.2) is 200 Å². The molecule has 0 amide bonds. The van der Waals surface area contributed by atoms with Gasteiger partial charge in [0.25, 0.3) is 0 Å². The molecule has 0 radical (unpaired) electrons. The Morgan fingerprint density at radius 2 is 0.845 bits per heavy atom. The van der Waals surface area contributed by atoms with Crippen molar-refractivity contribution in [3.8, 4) is 67.5 Å². The molecule has 1 aliphatic heterocycles. The quantitative estimate of drug-likeness (QED) is 0.169. The van der Waals surface area contributed by atoms with Crippen LogP contribution in [-0.4, -0.2) is 0 Å². The molecule has 0 saturated carbocycles. The normalized spacial score (nSPS) is 13.1. The maximum Gasteiger partial charge on any atom is 0.170 e. The SMILES string of the molecule is CC1(C)c2ccccc2-c2ccc(N(c3ccc(-c4ccccc4)cc3)c3ccc(-c4ccc(-c5ccc6c(c5)Oc5cccc7cccc(c57)O6)cc4)cc3)cc21. The lowest BCUT2D eigenvalue weighted by Gasteiger charge is -2.28. The van der Waals surface area contributed by atoms with Gasteiger partial charge in [0.05, 0.1) is 5.39 Å². The van der Waals surface area contributed by atoms with E-state index in [0.29, 0.717) is 11.5 Å². The molecule has 0 unspecified atom stereocenters. The molecular weight excluding hydrogens is 707 g/mol. The van der Waals surface area contributed by atoms with Crippen LogP contribution in [-0.2, 0) is 5.41 Å². The Hall–Kier alpha value is -7.36. The molecule has 3 heteroatoms. The molecule has 276 valence electrons. The summed E-state index contributed by atoms with van der Waals surface area (Å²) < 4.78 is 12.8. The minimum absolute atomic E-state index is 0.0967. The summed E-state index contributed by atoms with van der Waals surface area (Å²) >= 11 is 0. The van der Waals surface area contributed by atoms with E-state index in [2.05, 4.69) is 189 Å². The summed E-state index contributed by atoms with van der Waals surface area (Å²) in [5.74, 6) is 3.02. The van der Waals surface area contributed by atoms with Crippen molar-refractivity contribution in [1.82, 2.24) is 0 Å². The van der Waals surface area contributed by atoms with Crippen LogP contribution in [0.2, 0.25) is 0 Å².